The van der Waals surface area contributed by atoms with Gasteiger partial charge in [0.2, 0.25) is 0 Å². The summed E-state index contributed by atoms with van der Waals surface area (Å²) in [5.41, 5.74) is 6.31. The smallest absolute Gasteiger partial charge is 0.304 e. The van der Waals surface area contributed by atoms with E-state index in [4.69, 9.17) is 19.3 Å². The quantitative estimate of drug-likeness (QED) is 0.202. The van der Waals surface area contributed by atoms with Gasteiger partial charge in [-0.05, 0) is 72.9 Å². The van der Waals surface area contributed by atoms with Gasteiger partial charge in [-0.2, -0.15) is 0 Å². The summed E-state index contributed by atoms with van der Waals surface area (Å²) >= 11 is 0. The third-order valence-corrected chi connectivity index (χ3v) is 7.99. The standard InChI is InChI=1S/C29H35NO7S/c1-4-38(33,34)30-10-11-35-25-12-19(2)29(20(3)13-25)22-7-5-6-21(14-22)17-36-24-8-9-26-23(15-28(31)32)18-37-27(26)16-24/h5-9,12-14,16,23,30,33-34H,4,10-11,15,17-18H2,1-3H3,(H,31,32). The molecule has 4 rings (SSSR count). The van der Waals surface area contributed by atoms with E-state index < -0.39 is 16.7 Å². The van der Waals surface area contributed by atoms with Gasteiger partial charge in [-0.3, -0.25) is 13.9 Å². The molecule has 204 valence electrons. The molecule has 9 heteroatoms. The molecular formula is C29H35NO7S. The summed E-state index contributed by atoms with van der Waals surface area (Å²) in [5.74, 6) is 1.40. The van der Waals surface area contributed by atoms with Crippen LogP contribution in [0.4, 0.5) is 0 Å². The highest BCUT2D eigenvalue weighted by Crippen LogP contribution is 2.38. The second kappa shape index (κ2) is 12.1. The van der Waals surface area contributed by atoms with Crippen LogP contribution in [0.15, 0.2) is 54.6 Å². The fourth-order valence-corrected chi connectivity index (χ4v) is 5.26. The minimum atomic E-state index is -2.73. The largest absolute Gasteiger partial charge is 0.492 e. The molecule has 1 unspecified atom stereocenters. The van der Waals surface area contributed by atoms with Crippen LogP contribution in [0, 0.1) is 13.8 Å². The molecule has 3 aromatic rings. The van der Waals surface area contributed by atoms with Crippen LogP contribution in [0.5, 0.6) is 17.2 Å². The van der Waals surface area contributed by atoms with Crippen molar-refractivity contribution in [2.24, 2.45) is 0 Å². The molecule has 1 aliphatic heterocycles. The SMILES string of the molecule is CCS(O)(O)NCCOc1cc(C)c(-c2cccc(COc3ccc4c(c3)OCC4CC(=O)O)c2)c(C)c1. The van der Waals surface area contributed by atoms with Crippen LogP contribution in [0.2, 0.25) is 0 Å². The first kappa shape index (κ1) is 27.8. The lowest BCUT2D eigenvalue weighted by Gasteiger charge is -2.31. The molecule has 8 nitrogen and oxygen atoms in total. The van der Waals surface area contributed by atoms with E-state index in [9.17, 15) is 13.9 Å². The average Bonchev–Trinajstić information content (AvgIpc) is 3.26. The van der Waals surface area contributed by atoms with Gasteiger partial charge in [0.1, 0.15) is 30.5 Å². The van der Waals surface area contributed by atoms with Crippen molar-refractivity contribution in [1.29, 1.82) is 0 Å². The molecule has 0 aromatic heterocycles. The second-order valence-electron chi connectivity index (χ2n) is 9.42. The van der Waals surface area contributed by atoms with Gasteiger partial charge in [0, 0.05) is 29.8 Å². The molecule has 4 N–H and O–H groups in total. The number of carboxylic acids is 1. The molecule has 0 bridgehead atoms. The Bertz CT molecular complexity index is 1270. The maximum atomic E-state index is 11.1. The number of hydrogen-bond donors (Lipinski definition) is 4. The maximum absolute atomic E-state index is 11.1. The maximum Gasteiger partial charge on any atom is 0.304 e. The molecule has 0 spiro atoms. The Hall–Kier alpha value is -3.24. The van der Waals surface area contributed by atoms with Crippen LogP contribution >= 0.6 is 10.8 Å². The number of carboxylic acid groups (broad SMARTS) is 1. The summed E-state index contributed by atoms with van der Waals surface area (Å²) < 4.78 is 39.7. The Balaban J connectivity index is 1.39. The van der Waals surface area contributed by atoms with Crippen molar-refractivity contribution in [2.75, 3.05) is 25.5 Å². The summed E-state index contributed by atoms with van der Waals surface area (Å²) in [5, 5.41) is 9.09. The van der Waals surface area contributed by atoms with Crippen molar-refractivity contribution in [3.63, 3.8) is 0 Å². The summed E-state index contributed by atoms with van der Waals surface area (Å²) in [6.45, 7) is 7.25. The second-order valence-corrected chi connectivity index (χ2v) is 11.6. The number of aryl methyl sites for hydroxylation is 2. The van der Waals surface area contributed by atoms with Crippen LogP contribution in [0.1, 0.15) is 41.5 Å². The highest BCUT2D eigenvalue weighted by molar-refractivity contribution is 8.22. The number of benzene rings is 3. The van der Waals surface area contributed by atoms with Crippen molar-refractivity contribution in [2.45, 2.75) is 39.7 Å². The number of aliphatic carboxylic acids is 1. The monoisotopic (exact) mass is 541 g/mol. The molecule has 0 aliphatic carbocycles. The molecule has 0 fully saturated rings. The van der Waals surface area contributed by atoms with Crippen LogP contribution in [0.25, 0.3) is 11.1 Å². The minimum Gasteiger partial charge on any atom is -0.492 e. The minimum absolute atomic E-state index is 0.0526. The number of ether oxygens (including phenoxy) is 3. The van der Waals surface area contributed by atoms with Gasteiger partial charge < -0.3 is 19.3 Å². The fraction of sp³-hybridized carbons (Fsp3) is 0.345. The lowest BCUT2D eigenvalue weighted by atomic mass is 9.94. The van der Waals surface area contributed by atoms with Gasteiger partial charge in [0.15, 0.2) is 0 Å². The summed E-state index contributed by atoms with van der Waals surface area (Å²) in [6.07, 6.45) is 0.0526. The molecule has 1 heterocycles. The van der Waals surface area contributed by atoms with Gasteiger partial charge in [-0.1, -0.05) is 24.3 Å². The van der Waals surface area contributed by atoms with E-state index in [1.54, 1.807) is 6.92 Å². The topological polar surface area (TPSA) is 117 Å². The van der Waals surface area contributed by atoms with E-state index in [-0.39, 0.29) is 18.1 Å². The van der Waals surface area contributed by atoms with E-state index in [0.717, 1.165) is 39.1 Å². The molecule has 1 aliphatic rings. The van der Waals surface area contributed by atoms with Crippen molar-refractivity contribution in [1.82, 2.24) is 4.72 Å². The Morgan fingerprint density at radius 2 is 1.82 bits per heavy atom. The lowest BCUT2D eigenvalue weighted by Crippen LogP contribution is -2.26. The first-order valence-corrected chi connectivity index (χ1v) is 14.3. The van der Waals surface area contributed by atoms with E-state index in [1.807, 2.05) is 56.3 Å². The predicted octanol–water partition coefficient (Wildman–Crippen LogP) is 6.15. The highest BCUT2D eigenvalue weighted by atomic mass is 32.3. The fourth-order valence-electron chi connectivity index (χ4n) is 4.65. The number of carbonyl (C=O) groups is 1. The number of fused-ring (bicyclic) bond motifs is 1. The van der Waals surface area contributed by atoms with Crippen LogP contribution in [-0.2, 0) is 11.4 Å². The number of hydrogen-bond acceptors (Lipinski definition) is 7. The normalized spacial score (nSPS) is 15.0. The van der Waals surface area contributed by atoms with Gasteiger partial charge in [-0.25, -0.2) is 4.72 Å². The summed E-state index contributed by atoms with van der Waals surface area (Å²) in [6, 6.07) is 17.8. The Morgan fingerprint density at radius 1 is 1.05 bits per heavy atom. The third kappa shape index (κ3) is 6.99. The van der Waals surface area contributed by atoms with Gasteiger partial charge in [0.05, 0.1) is 13.0 Å². The summed E-state index contributed by atoms with van der Waals surface area (Å²) in [4.78, 5) is 11.1. The van der Waals surface area contributed by atoms with Gasteiger partial charge >= 0.3 is 5.97 Å². The first-order valence-electron chi connectivity index (χ1n) is 12.6. The molecule has 0 radical (unpaired) electrons. The first-order chi connectivity index (χ1) is 18.1. The van der Waals surface area contributed by atoms with Crippen molar-refractivity contribution < 1.29 is 33.2 Å². The predicted molar refractivity (Wildman–Crippen MR) is 150 cm³/mol. The zero-order valence-electron chi connectivity index (χ0n) is 21.9. The molecule has 0 saturated carbocycles. The van der Waals surface area contributed by atoms with Gasteiger partial charge in [0.25, 0.3) is 0 Å². The molecule has 3 aromatic carbocycles. The Morgan fingerprint density at radius 3 is 2.53 bits per heavy atom. The van der Waals surface area contributed by atoms with E-state index in [2.05, 4.69) is 16.9 Å². The summed E-state index contributed by atoms with van der Waals surface area (Å²) in [7, 11) is -2.73. The van der Waals surface area contributed by atoms with Crippen molar-refractivity contribution in [3.05, 3.63) is 76.9 Å². The zero-order chi connectivity index (χ0) is 27.3. The Kier molecular flexibility index (Phi) is 8.83. The molecule has 0 saturated heterocycles. The molecule has 0 amide bonds. The highest BCUT2D eigenvalue weighted by Gasteiger charge is 2.26. The Labute approximate surface area is 225 Å². The zero-order valence-corrected chi connectivity index (χ0v) is 22.7. The molecular weight excluding hydrogens is 506 g/mol. The molecule has 38 heavy (non-hydrogen) atoms. The van der Waals surface area contributed by atoms with Crippen molar-refractivity contribution >= 4 is 16.7 Å². The van der Waals surface area contributed by atoms with Crippen LogP contribution < -0.4 is 18.9 Å². The van der Waals surface area contributed by atoms with Gasteiger partial charge in [-0.15, -0.1) is 10.8 Å². The van der Waals surface area contributed by atoms with Crippen LogP contribution in [0.3, 0.4) is 0 Å². The van der Waals surface area contributed by atoms with E-state index in [0.29, 0.717) is 37.9 Å². The number of rotatable bonds is 12. The van der Waals surface area contributed by atoms with Crippen molar-refractivity contribution in [3.8, 4) is 28.4 Å². The average molecular weight is 542 g/mol. The lowest BCUT2D eigenvalue weighted by molar-refractivity contribution is -0.137. The van der Waals surface area contributed by atoms with E-state index >= 15 is 0 Å². The van der Waals surface area contributed by atoms with Crippen LogP contribution in [-0.4, -0.2) is 45.7 Å². The van der Waals surface area contributed by atoms with E-state index in [1.165, 1.54) is 0 Å². The third-order valence-electron chi connectivity index (χ3n) is 6.52. The molecule has 1 atom stereocenters. The number of nitrogens with one attached hydrogen (secondary N) is 1.